The zero-order valence-electron chi connectivity index (χ0n) is 17.3. The molecular weight excluding hydrogens is 426 g/mol. The molecule has 166 valence electrons. The number of hydrogen-bond acceptors (Lipinski definition) is 4. The maximum absolute atomic E-state index is 14.8. The summed E-state index contributed by atoms with van der Waals surface area (Å²) >= 11 is 5.94. The Kier molecular flexibility index (Phi) is 7.59. The lowest BCUT2D eigenvalue weighted by Gasteiger charge is -2.37. The summed E-state index contributed by atoms with van der Waals surface area (Å²) in [5, 5.41) is -0.129. The van der Waals surface area contributed by atoms with Gasteiger partial charge in [0.25, 0.3) is 0 Å². The maximum atomic E-state index is 14.8. The van der Waals surface area contributed by atoms with Crippen LogP contribution in [-0.2, 0) is 6.54 Å². The summed E-state index contributed by atoms with van der Waals surface area (Å²) < 4.78 is 29.5. The largest absolute Gasteiger partial charge is 0.324 e. The van der Waals surface area contributed by atoms with Crippen molar-refractivity contribution >= 4 is 29.1 Å². The fourth-order valence-electron chi connectivity index (χ4n) is 3.52. The third kappa shape index (κ3) is 5.20. The van der Waals surface area contributed by atoms with E-state index in [2.05, 4.69) is 4.90 Å². The minimum Gasteiger partial charge on any atom is -0.324 e. The summed E-state index contributed by atoms with van der Waals surface area (Å²) in [4.78, 5) is 30.1. The van der Waals surface area contributed by atoms with Gasteiger partial charge in [-0.15, -0.1) is 0 Å². The number of carbonyl (C=O) groups is 2. The Morgan fingerprint density at radius 3 is 2.45 bits per heavy atom. The number of carbonyl (C=O) groups excluding carboxylic acids is 2. The topological polar surface area (TPSA) is 69.9 Å². The summed E-state index contributed by atoms with van der Waals surface area (Å²) in [5.74, 6) is -1.82. The van der Waals surface area contributed by atoms with Crippen molar-refractivity contribution in [1.29, 1.82) is 0 Å². The molecule has 6 nitrogen and oxygen atoms in total. The number of benzene rings is 2. The fourth-order valence-corrected chi connectivity index (χ4v) is 3.69. The monoisotopic (exact) mass is 450 g/mol. The lowest BCUT2D eigenvalue weighted by molar-refractivity contribution is 0.100. The Morgan fingerprint density at radius 2 is 1.84 bits per heavy atom. The Hall–Kier alpha value is -2.55. The van der Waals surface area contributed by atoms with Crippen molar-refractivity contribution in [2.75, 3.05) is 44.2 Å². The van der Waals surface area contributed by atoms with E-state index in [0.29, 0.717) is 26.2 Å². The van der Waals surface area contributed by atoms with E-state index in [1.165, 1.54) is 35.2 Å². The van der Waals surface area contributed by atoms with E-state index in [4.69, 9.17) is 17.3 Å². The second-order valence-corrected chi connectivity index (χ2v) is 7.70. The standard InChI is InChI=1S/C22H25ClF2N4O2/c1-2-27-8-10-28(11-9-27)22(31)29(19-5-3-4-17(23)21(19)25)14-16-7-6-15(12-18(16)24)20(30)13-26/h3-7,12H,2,8-11,13-14,26H2,1H3. The van der Waals surface area contributed by atoms with Crippen LogP contribution < -0.4 is 10.6 Å². The van der Waals surface area contributed by atoms with Crippen LogP contribution in [0.3, 0.4) is 0 Å². The first-order valence-electron chi connectivity index (χ1n) is 10.1. The van der Waals surface area contributed by atoms with E-state index >= 15 is 0 Å². The first-order valence-corrected chi connectivity index (χ1v) is 10.5. The Balaban J connectivity index is 1.92. The summed E-state index contributed by atoms with van der Waals surface area (Å²) in [6, 6.07) is 7.87. The Morgan fingerprint density at radius 1 is 1.13 bits per heavy atom. The quantitative estimate of drug-likeness (QED) is 0.683. The zero-order valence-corrected chi connectivity index (χ0v) is 18.0. The molecule has 2 aromatic carbocycles. The summed E-state index contributed by atoms with van der Waals surface area (Å²) in [5.41, 5.74) is 5.59. The summed E-state index contributed by atoms with van der Waals surface area (Å²) in [6.45, 7) is 4.86. The van der Waals surface area contributed by atoms with Crippen LogP contribution >= 0.6 is 11.6 Å². The van der Waals surface area contributed by atoms with Crippen LogP contribution in [-0.4, -0.2) is 60.9 Å². The van der Waals surface area contributed by atoms with Gasteiger partial charge in [0.1, 0.15) is 5.82 Å². The summed E-state index contributed by atoms with van der Waals surface area (Å²) in [7, 11) is 0. The van der Waals surface area contributed by atoms with Crippen LogP contribution in [0.5, 0.6) is 0 Å². The zero-order chi connectivity index (χ0) is 22.5. The molecule has 3 rings (SSSR count). The SMILES string of the molecule is CCN1CCN(C(=O)N(Cc2ccc(C(=O)CN)cc2F)c2cccc(Cl)c2F)CC1. The highest BCUT2D eigenvalue weighted by Crippen LogP contribution is 2.29. The average Bonchev–Trinajstić information content (AvgIpc) is 2.79. The van der Waals surface area contributed by atoms with Gasteiger partial charge in [0.05, 0.1) is 23.8 Å². The number of hydrogen-bond donors (Lipinski definition) is 1. The number of rotatable bonds is 6. The minimum absolute atomic E-state index is 0.0306. The molecule has 2 N–H and O–H groups in total. The number of likely N-dealkylation sites (N-methyl/N-ethyl adjacent to an activating group) is 1. The molecule has 1 aliphatic rings. The number of nitrogens with zero attached hydrogens (tertiary/aromatic N) is 3. The number of urea groups is 1. The van der Waals surface area contributed by atoms with Crippen LogP contribution in [0.2, 0.25) is 5.02 Å². The molecule has 0 atom stereocenters. The van der Waals surface area contributed by atoms with Gasteiger partial charge in [-0.25, -0.2) is 13.6 Å². The molecule has 2 aromatic rings. The van der Waals surface area contributed by atoms with Gasteiger partial charge in [-0.05, 0) is 24.7 Å². The highest BCUT2D eigenvalue weighted by atomic mass is 35.5. The van der Waals surface area contributed by atoms with Crippen molar-refractivity contribution in [3.05, 3.63) is 64.2 Å². The normalized spacial score (nSPS) is 14.5. The van der Waals surface area contributed by atoms with E-state index in [-0.39, 0.29) is 34.9 Å². The molecule has 0 bridgehead atoms. The third-order valence-electron chi connectivity index (χ3n) is 5.43. The van der Waals surface area contributed by atoms with E-state index in [9.17, 15) is 18.4 Å². The first kappa shape index (κ1) is 23.1. The van der Waals surface area contributed by atoms with E-state index in [1.807, 2.05) is 6.92 Å². The first-order chi connectivity index (χ1) is 14.8. The number of amides is 2. The Bertz CT molecular complexity index is 965. The molecule has 0 aromatic heterocycles. The van der Waals surface area contributed by atoms with Gasteiger partial charge < -0.3 is 15.5 Å². The molecule has 0 spiro atoms. The number of anilines is 1. The van der Waals surface area contributed by atoms with Gasteiger partial charge in [0.2, 0.25) is 0 Å². The smallest absolute Gasteiger partial charge is 0.324 e. The van der Waals surface area contributed by atoms with Crippen LogP contribution in [0.25, 0.3) is 0 Å². The average molecular weight is 451 g/mol. The van der Waals surface area contributed by atoms with Crippen LogP contribution in [0.1, 0.15) is 22.8 Å². The predicted octanol–water partition coefficient (Wildman–Crippen LogP) is 3.52. The number of Topliss-reactive ketones (excluding diaryl/α,β-unsaturated/α-hetero) is 1. The second-order valence-electron chi connectivity index (χ2n) is 7.30. The number of ketones is 1. The van der Waals surface area contributed by atoms with Crippen molar-refractivity contribution in [3.63, 3.8) is 0 Å². The van der Waals surface area contributed by atoms with Crippen molar-refractivity contribution < 1.29 is 18.4 Å². The molecule has 0 saturated carbocycles. The van der Waals surface area contributed by atoms with Crippen molar-refractivity contribution in [2.45, 2.75) is 13.5 Å². The molecule has 31 heavy (non-hydrogen) atoms. The predicted molar refractivity (Wildman–Crippen MR) is 116 cm³/mol. The lowest BCUT2D eigenvalue weighted by Crippen LogP contribution is -2.52. The third-order valence-corrected chi connectivity index (χ3v) is 5.72. The van der Waals surface area contributed by atoms with E-state index in [1.54, 1.807) is 4.90 Å². The number of nitrogens with two attached hydrogens (primary N) is 1. The van der Waals surface area contributed by atoms with Crippen LogP contribution in [0.15, 0.2) is 36.4 Å². The molecule has 1 heterocycles. The number of piperazine rings is 1. The molecule has 0 aliphatic carbocycles. The highest BCUT2D eigenvalue weighted by molar-refractivity contribution is 6.31. The van der Waals surface area contributed by atoms with Gasteiger partial charge in [0.15, 0.2) is 11.6 Å². The molecular formula is C22H25ClF2N4O2. The van der Waals surface area contributed by atoms with Crippen molar-refractivity contribution in [3.8, 4) is 0 Å². The van der Waals surface area contributed by atoms with Crippen LogP contribution in [0.4, 0.5) is 19.3 Å². The van der Waals surface area contributed by atoms with Gasteiger partial charge in [-0.2, -0.15) is 0 Å². The highest BCUT2D eigenvalue weighted by Gasteiger charge is 2.29. The van der Waals surface area contributed by atoms with Gasteiger partial charge in [-0.3, -0.25) is 9.69 Å². The molecule has 1 aliphatic heterocycles. The van der Waals surface area contributed by atoms with Crippen molar-refractivity contribution in [2.24, 2.45) is 5.73 Å². The fraction of sp³-hybridized carbons (Fsp3) is 0.364. The van der Waals surface area contributed by atoms with E-state index in [0.717, 1.165) is 12.6 Å². The molecule has 1 fully saturated rings. The van der Waals surface area contributed by atoms with Crippen molar-refractivity contribution in [1.82, 2.24) is 9.80 Å². The molecule has 2 amide bonds. The summed E-state index contributed by atoms with van der Waals surface area (Å²) in [6.07, 6.45) is 0. The molecule has 1 saturated heterocycles. The van der Waals surface area contributed by atoms with Gasteiger partial charge >= 0.3 is 6.03 Å². The van der Waals surface area contributed by atoms with Crippen LogP contribution in [0, 0.1) is 11.6 Å². The van der Waals surface area contributed by atoms with Gasteiger partial charge in [0, 0.05) is 37.3 Å². The molecule has 9 heteroatoms. The lowest BCUT2D eigenvalue weighted by atomic mass is 10.1. The van der Waals surface area contributed by atoms with E-state index < -0.39 is 23.4 Å². The second kappa shape index (κ2) is 10.2. The molecule has 0 unspecified atom stereocenters. The number of halogens is 3. The Labute approximate surface area is 185 Å². The van der Waals surface area contributed by atoms with Gasteiger partial charge in [-0.1, -0.05) is 36.7 Å². The molecule has 0 radical (unpaired) electrons. The minimum atomic E-state index is -0.750. The maximum Gasteiger partial charge on any atom is 0.324 e.